The van der Waals surface area contributed by atoms with E-state index in [1.54, 1.807) is 0 Å². The van der Waals surface area contributed by atoms with Gasteiger partial charge in [0.05, 0.1) is 9.79 Å². The maximum absolute atomic E-state index is 12.8. The van der Waals surface area contributed by atoms with Crippen molar-refractivity contribution in [1.29, 1.82) is 0 Å². The van der Waals surface area contributed by atoms with E-state index in [2.05, 4.69) is 0 Å². The molecule has 13 heteroatoms. The summed E-state index contributed by atoms with van der Waals surface area (Å²) in [4.78, 5) is -3.94. The highest BCUT2D eigenvalue weighted by Crippen LogP contribution is 2.33. The van der Waals surface area contributed by atoms with Gasteiger partial charge in [0.2, 0.25) is 9.84 Å². The highest BCUT2D eigenvalue weighted by atomic mass is 35.5. The van der Waals surface area contributed by atoms with Crippen LogP contribution >= 0.6 is 23.2 Å². The Morgan fingerprint density at radius 3 is 1.20 bits per heavy atom. The first-order chi connectivity index (χ1) is 11.2. The third-order valence-corrected chi connectivity index (χ3v) is 7.33. The first kappa shape index (κ1) is 20.1. The van der Waals surface area contributed by atoms with Gasteiger partial charge in [-0.25, -0.2) is 8.42 Å². The quantitative estimate of drug-likeness (QED) is 0.680. The van der Waals surface area contributed by atoms with E-state index in [1.807, 2.05) is 0 Å². The highest BCUT2D eigenvalue weighted by Gasteiger charge is 2.32. The first-order valence-electron chi connectivity index (χ1n) is 6.04. The third kappa shape index (κ3) is 4.14. The molecular formula is C12H8Cl2O8S3. The van der Waals surface area contributed by atoms with E-state index in [0.29, 0.717) is 12.1 Å². The lowest BCUT2D eigenvalue weighted by molar-refractivity contribution is 0.479. The SMILES string of the molecule is O=S(=O)(O)c1cc(Cl)ccc1S(=O)(=O)c1ccc(Cl)cc1S(=O)(=O)O. The van der Waals surface area contributed by atoms with Gasteiger partial charge in [0.1, 0.15) is 9.79 Å². The van der Waals surface area contributed by atoms with Crippen molar-refractivity contribution in [1.82, 2.24) is 0 Å². The standard InChI is InChI=1S/C12H8Cl2O8S3/c13-7-1-3-9(11(5-7)24(17,18)19)23(15,16)10-4-2-8(14)6-12(10)25(20,21)22/h1-6H,(H,17,18,19)(H,20,21,22). The lowest BCUT2D eigenvalue weighted by Crippen LogP contribution is -2.13. The number of halogens is 2. The Kier molecular flexibility index (Phi) is 5.23. The van der Waals surface area contributed by atoms with E-state index in [9.17, 15) is 34.4 Å². The molecule has 0 amide bonds. The lowest BCUT2D eigenvalue weighted by atomic mass is 10.3. The molecule has 2 rings (SSSR count). The molecule has 8 nitrogen and oxygen atoms in total. The van der Waals surface area contributed by atoms with Gasteiger partial charge < -0.3 is 0 Å². The second-order valence-electron chi connectivity index (χ2n) is 4.64. The predicted molar refractivity (Wildman–Crippen MR) is 88.0 cm³/mol. The fraction of sp³-hybridized carbons (Fsp3) is 0. The van der Waals surface area contributed by atoms with E-state index in [4.69, 9.17) is 23.2 Å². The number of rotatable bonds is 4. The van der Waals surface area contributed by atoms with Crippen LogP contribution in [0.25, 0.3) is 0 Å². The van der Waals surface area contributed by atoms with Crippen LogP contribution in [0.15, 0.2) is 56.0 Å². The molecule has 0 spiro atoms. The normalized spacial score (nSPS) is 13.0. The molecule has 0 aliphatic heterocycles. The van der Waals surface area contributed by atoms with Crippen LogP contribution in [0.4, 0.5) is 0 Å². The van der Waals surface area contributed by atoms with Crippen molar-refractivity contribution in [2.24, 2.45) is 0 Å². The van der Waals surface area contributed by atoms with E-state index in [1.165, 1.54) is 0 Å². The maximum atomic E-state index is 12.8. The van der Waals surface area contributed by atoms with Crippen LogP contribution in [0.2, 0.25) is 10.0 Å². The summed E-state index contributed by atoms with van der Waals surface area (Å²) in [6, 6.07) is 5.00. The zero-order chi connectivity index (χ0) is 19.2. The summed E-state index contributed by atoms with van der Waals surface area (Å²) in [6.07, 6.45) is 0. The molecule has 2 aromatic rings. The number of benzene rings is 2. The van der Waals surface area contributed by atoms with Crippen molar-refractivity contribution < 1.29 is 34.4 Å². The van der Waals surface area contributed by atoms with Crippen LogP contribution in [0.3, 0.4) is 0 Å². The smallest absolute Gasteiger partial charge is 0.282 e. The van der Waals surface area contributed by atoms with Gasteiger partial charge in [0.15, 0.2) is 0 Å². The Balaban J connectivity index is 2.93. The molecule has 0 atom stereocenters. The fourth-order valence-corrected chi connectivity index (χ4v) is 6.27. The molecule has 25 heavy (non-hydrogen) atoms. The van der Waals surface area contributed by atoms with E-state index in [0.717, 1.165) is 24.3 Å². The summed E-state index contributed by atoms with van der Waals surface area (Å²) in [6.45, 7) is 0. The Hall–Kier alpha value is -1.21. The molecule has 0 fully saturated rings. The molecule has 0 heterocycles. The van der Waals surface area contributed by atoms with Gasteiger partial charge in [-0.1, -0.05) is 23.2 Å². The second-order valence-corrected chi connectivity index (χ2v) is 10.2. The highest BCUT2D eigenvalue weighted by molar-refractivity contribution is 7.94. The van der Waals surface area contributed by atoms with Crippen molar-refractivity contribution in [3.8, 4) is 0 Å². The molecule has 0 unspecified atom stereocenters. The van der Waals surface area contributed by atoms with Crippen molar-refractivity contribution in [2.45, 2.75) is 19.6 Å². The summed E-state index contributed by atoms with van der Waals surface area (Å²) in [5.74, 6) is 0. The van der Waals surface area contributed by atoms with Gasteiger partial charge >= 0.3 is 0 Å². The third-order valence-electron chi connectivity index (χ3n) is 2.95. The molecule has 136 valence electrons. The number of hydrogen-bond acceptors (Lipinski definition) is 6. The summed E-state index contributed by atoms with van der Waals surface area (Å²) >= 11 is 11.2. The molecule has 0 aliphatic rings. The Bertz CT molecular complexity index is 1080. The summed E-state index contributed by atoms with van der Waals surface area (Å²) in [5.41, 5.74) is 0. The molecule has 0 aromatic heterocycles. The van der Waals surface area contributed by atoms with Gasteiger partial charge in [-0.15, -0.1) is 0 Å². The number of sulfone groups is 1. The van der Waals surface area contributed by atoms with Crippen molar-refractivity contribution in [3.63, 3.8) is 0 Å². The Morgan fingerprint density at radius 2 is 0.920 bits per heavy atom. The van der Waals surface area contributed by atoms with Gasteiger partial charge in [-0.3, -0.25) is 9.11 Å². The van der Waals surface area contributed by atoms with Gasteiger partial charge in [-0.05, 0) is 36.4 Å². The van der Waals surface area contributed by atoms with Crippen LogP contribution in [0, 0.1) is 0 Å². The van der Waals surface area contributed by atoms with Crippen LogP contribution in [-0.2, 0) is 30.1 Å². The molecule has 0 radical (unpaired) electrons. The van der Waals surface area contributed by atoms with Gasteiger partial charge in [-0.2, -0.15) is 16.8 Å². The molecule has 0 saturated heterocycles. The molecule has 0 bridgehead atoms. The predicted octanol–water partition coefficient (Wildman–Crippen LogP) is 2.32. The van der Waals surface area contributed by atoms with E-state index in [-0.39, 0.29) is 10.0 Å². The van der Waals surface area contributed by atoms with Crippen LogP contribution in [0.5, 0.6) is 0 Å². The Labute approximate surface area is 153 Å². The zero-order valence-electron chi connectivity index (χ0n) is 11.8. The van der Waals surface area contributed by atoms with Crippen LogP contribution < -0.4 is 0 Å². The molecule has 2 aromatic carbocycles. The second kappa shape index (κ2) is 6.50. The average molecular weight is 447 g/mol. The average Bonchev–Trinajstić information content (AvgIpc) is 2.44. The maximum Gasteiger partial charge on any atom is 0.295 e. The first-order valence-corrected chi connectivity index (χ1v) is 11.2. The van der Waals surface area contributed by atoms with Crippen molar-refractivity contribution in [2.75, 3.05) is 0 Å². The fourth-order valence-electron chi connectivity index (χ4n) is 1.93. The van der Waals surface area contributed by atoms with Crippen LogP contribution in [-0.4, -0.2) is 34.4 Å². The zero-order valence-corrected chi connectivity index (χ0v) is 15.8. The Morgan fingerprint density at radius 1 is 0.600 bits per heavy atom. The van der Waals surface area contributed by atoms with E-state index >= 15 is 0 Å². The summed E-state index contributed by atoms with van der Waals surface area (Å²) in [5, 5.41) is -0.365. The summed E-state index contributed by atoms with van der Waals surface area (Å²) < 4.78 is 89.8. The van der Waals surface area contributed by atoms with Gasteiger partial charge in [0, 0.05) is 10.0 Å². The summed E-state index contributed by atoms with van der Waals surface area (Å²) in [7, 11) is -14.8. The topological polar surface area (TPSA) is 143 Å². The molecular weight excluding hydrogens is 439 g/mol. The molecule has 0 saturated carbocycles. The molecule has 2 N–H and O–H groups in total. The minimum Gasteiger partial charge on any atom is -0.282 e. The van der Waals surface area contributed by atoms with E-state index < -0.39 is 49.7 Å². The minimum absolute atomic E-state index is 0.183. The van der Waals surface area contributed by atoms with Crippen molar-refractivity contribution in [3.05, 3.63) is 46.4 Å². The minimum atomic E-state index is -5.01. The van der Waals surface area contributed by atoms with Crippen LogP contribution in [0.1, 0.15) is 0 Å². The van der Waals surface area contributed by atoms with Gasteiger partial charge in [0.25, 0.3) is 20.2 Å². The monoisotopic (exact) mass is 446 g/mol. The van der Waals surface area contributed by atoms with Crippen molar-refractivity contribution >= 4 is 53.3 Å². The number of hydrogen-bond donors (Lipinski definition) is 2. The molecule has 0 aliphatic carbocycles. The lowest BCUT2D eigenvalue weighted by Gasteiger charge is -2.12. The largest absolute Gasteiger partial charge is 0.295 e.